The topological polar surface area (TPSA) is 65.0 Å². The van der Waals surface area contributed by atoms with Gasteiger partial charge in [0.25, 0.3) is 0 Å². The molecule has 5 nitrogen and oxygen atoms in total. The minimum Gasteiger partial charge on any atom is -0.392 e. The van der Waals surface area contributed by atoms with Crippen molar-refractivity contribution < 1.29 is 28.8 Å². The van der Waals surface area contributed by atoms with Crippen LogP contribution in [-0.4, -0.2) is 23.0 Å². The van der Waals surface area contributed by atoms with E-state index >= 15 is 0 Å². The number of rotatable bonds is 3. The lowest BCUT2D eigenvalue weighted by molar-refractivity contribution is -0.230. The number of hydrogen-bond donors (Lipinski definition) is 1. The molecule has 1 saturated heterocycles. The van der Waals surface area contributed by atoms with Crippen LogP contribution in [0, 0.1) is 23.7 Å². The molecule has 1 unspecified atom stereocenters. The largest absolute Gasteiger partial charge is 0.392 e. The molecule has 0 radical (unpaired) electrons. The number of carbonyl (C=O) groups excluding carboxylic acids is 1. The number of halogens is 1. The number of aliphatic hydroxyl groups excluding tert-OH is 1. The molecule has 146 valence electrons. The maximum atomic E-state index is 12.6. The van der Waals surface area contributed by atoms with Crippen LogP contribution in [0.5, 0.6) is 0 Å². The highest BCUT2D eigenvalue weighted by Gasteiger charge is 2.80. The molecule has 1 heterocycles. The fourth-order valence-electron chi connectivity index (χ4n) is 5.20. The summed E-state index contributed by atoms with van der Waals surface area (Å²) in [5.74, 6) is -4.07. The van der Waals surface area contributed by atoms with Crippen molar-refractivity contribution in [1.29, 1.82) is 0 Å². The maximum absolute atomic E-state index is 12.6. The zero-order valence-electron chi connectivity index (χ0n) is 15.3. The normalized spacial score (nSPS) is 37.6. The molecule has 2 aromatic carbocycles. The molecule has 0 aromatic heterocycles. The first-order chi connectivity index (χ1) is 13.6. The van der Waals surface area contributed by atoms with Gasteiger partial charge in [0.05, 0.1) is 12.0 Å². The van der Waals surface area contributed by atoms with E-state index in [-0.39, 0.29) is 5.92 Å². The zero-order valence-corrected chi connectivity index (χ0v) is 15.3. The molecule has 3 fully saturated rings. The summed E-state index contributed by atoms with van der Waals surface area (Å²) in [5.41, 5.74) is 1.90. The van der Waals surface area contributed by atoms with Crippen LogP contribution in [-0.2, 0) is 19.2 Å². The van der Waals surface area contributed by atoms with Crippen molar-refractivity contribution in [2.75, 3.05) is 0 Å². The van der Waals surface area contributed by atoms with Gasteiger partial charge in [-0.1, -0.05) is 67.6 Å². The van der Waals surface area contributed by atoms with Crippen molar-refractivity contribution in [3.63, 3.8) is 0 Å². The number of ether oxygens (including phenoxy) is 2. The fourth-order valence-corrected chi connectivity index (χ4v) is 5.20. The van der Waals surface area contributed by atoms with Crippen LogP contribution < -0.4 is 0 Å². The summed E-state index contributed by atoms with van der Waals surface area (Å²) in [5, 5.41) is 10.7. The van der Waals surface area contributed by atoms with E-state index in [0.29, 0.717) is 0 Å². The SMILES string of the molecule is CC1[C@H](O)[C@H]2[C@H](C(=O)OF)[C@H]2C12O[C@@H](c1ccccc1)[C@H](c1ccccc1)O2. The van der Waals surface area contributed by atoms with Crippen LogP contribution in [0.25, 0.3) is 0 Å². The van der Waals surface area contributed by atoms with Crippen molar-refractivity contribution in [3.8, 4) is 0 Å². The Hall–Kier alpha value is -2.28. The molecule has 2 aliphatic carbocycles. The summed E-state index contributed by atoms with van der Waals surface area (Å²) >= 11 is 0. The minimum absolute atomic E-state index is 0.355. The summed E-state index contributed by atoms with van der Waals surface area (Å²) in [7, 11) is 0. The second-order valence-electron chi connectivity index (χ2n) is 7.92. The highest BCUT2D eigenvalue weighted by molar-refractivity contribution is 5.77. The predicted octanol–water partition coefficient (Wildman–Crippen LogP) is 3.51. The summed E-state index contributed by atoms with van der Waals surface area (Å²) in [6.07, 6.45) is -1.63. The smallest absolute Gasteiger partial charge is 0.352 e. The van der Waals surface area contributed by atoms with Crippen LogP contribution in [0.15, 0.2) is 60.7 Å². The highest BCUT2D eigenvalue weighted by Crippen LogP contribution is 2.70. The van der Waals surface area contributed by atoms with Crippen molar-refractivity contribution in [1.82, 2.24) is 0 Å². The van der Waals surface area contributed by atoms with E-state index in [1.54, 1.807) is 0 Å². The van der Waals surface area contributed by atoms with Gasteiger partial charge in [0.15, 0.2) is 5.79 Å². The van der Waals surface area contributed by atoms with Gasteiger partial charge in [-0.15, -0.1) is 0 Å². The molecular formula is C22H21FO5. The summed E-state index contributed by atoms with van der Waals surface area (Å²) in [4.78, 5) is 15.3. The van der Waals surface area contributed by atoms with Crippen molar-refractivity contribution in [2.45, 2.75) is 31.0 Å². The number of fused-ring (bicyclic) bond motifs is 2. The van der Waals surface area contributed by atoms with E-state index in [0.717, 1.165) is 11.1 Å². The van der Waals surface area contributed by atoms with Gasteiger partial charge in [-0.05, 0) is 11.1 Å². The first kappa shape index (κ1) is 17.8. The van der Waals surface area contributed by atoms with E-state index in [4.69, 9.17) is 9.47 Å². The molecule has 5 rings (SSSR count). The lowest BCUT2D eigenvalue weighted by Crippen LogP contribution is -2.43. The van der Waals surface area contributed by atoms with E-state index in [1.165, 1.54) is 0 Å². The Morgan fingerprint density at radius 1 is 1.00 bits per heavy atom. The summed E-state index contributed by atoms with van der Waals surface area (Å²) < 4.78 is 25.6. The van der Waals surface area contributed by atoms with Gasteiger partial charge >= 0.3 is 5.97 Å². The lowest BCUT2D eigenvalue weighted by Gasteiger charge is -2.33. The third-order valence-electron chi connectivity index (χ3n) is 6.58. The van der Waals surface area contributed by atoms with Crippen LogP contribution in [0.1, 0.15) is 30.3 Å². The van der Waals surface area contributed by atoms with Gasteiger partial charge in [-0.2, -0.15) is 0 Å². The van der Waals surface area contributed by atoms with Gasteiger partial charge < -0.3 is 14.6 Å². The molecule has 1 spiro atoms. The fraction of sp³-hybridized carbons (Fsp3) is 0.409. The first-order valence-corrected chi connectivity index (χ1v) is 9.54. The molecule has 7 atom stereocenters. The summed E-state index contributed by atoms with van der Waals surface area (Å²) in [6.45, 7) is 1.85. The number of aliphatic hydroxyl groups is 1. The third kappa shape index (κ3) is 2.38. The Kier molecular flexibility index (Phi) is 4.05. The molecule has 2 saturated carbocycles. The van der Waals surface area contributed by atoms with E-state index in [2.05, 4.69) is 4.94 Å². The molecule has 28 heavy (non-hydrogen) atoms. The van der Waals surface area contributed by atoms with Crippen molar-refractivity contribution in [3.05, 3.63) is 71.8 Å². The molecule has 1 aliphatic heterocycles. The van der Waals surface area contributed by atoms with Gasteiger partial charge in [-0.25, -0.2) is 4.79 Å². The average Bonchev–Trinajstić information content (AvgIpc) is 3.32. The van der Waals surface area contributed by atoms with Crippen LogP contribution >= 0.6 is 0 Å². The summed E-state index contributed by atoms with van der Waals surface area (Å²) in [6, 6.07) is 19.5. The molecule has 6 heteroatoms. The van der Waals surface area contributed by atoms with Gasteiger partial charge in [0, 0.05) is 22.3 Å². The van der Waals surface area contributed by atoms with E-state index < -0.39 is 47.8 Å². The predicted molar refractivity (Wildman–Crippen MR) is 96.1 cm³/mol. The highest BCUT2D eigenvalue weighted by atomic mass is 19.3. The third-order valence-corrected chi connectivity index (χ3v) is 6.58. The standard InChI is InChI=1S/C22H21FO5/c1-12-18(24)15-16(21(25)28-23)17(15)22(12)26-19(13-8-4-2-5-9-13)20(27-22)14-10-6-3-7-11-14/h2-12,15-20,24H,1H3/t12?,15-,16-,17-,18-,19-,20-/m0/s1. The number of carbonyl (C=O) groups is 1. The monoisotopic (exact) mass is 384 g/mol. The molecular weight excluding hydrogens is 363 g/mol. The Morgan fingerprint density at radius 3 is 1.96 bits per heavy atom. The van der Waals surface area contributed by atoms with Crippen LogP contribution in [0.2, 0.25) is 0 Å². The Balaban J connectivity index is 1.56. The van der Waals surface area contributed by atoms with Gasteiger partial charge in [0.1, 0.15) is 12.2 Å². The molecule has 0 bridgehead atoms. The van der Waals surface area contributed by atoms with E-state index in [9.17, 15) is 14.4 Å². The first-order valence-electron chi connectivity index (χ1n) is 9.54. The molecule has 3 aliphatic rings. The number of benzene rings is 2. The average molecular weight is 384 g/mol. The molecule has 1 N–H and O–H groups in total. The second-order valence-corrected chi connectivity index (χ2v) is 7.92. The minimum atomic E-state index is -1.16. The Morgan fingerprint density at radius 2 is 1.50 bits per heavy atom. The molecule has 0 amide bonds. The Bertz CT molecular complexity index is 826. The van der Waals surface area contributed by atoms with Crippen LogP contribution in [0.4, 0.5) is 4.53 Å². The maximum Gasteiger partial charge on any atom is 0.352 e. The van der Waals surface area contributed by atoms with Crippen LogP contribution in [0.3, 0.4) is 0 Å². The second kappa shape index (κ2) is 6.37. The Labute approximate surface area is 161 Å². The number of hydrogen-bond acceptors (Lipinski definition) is 5. The van der Waals surface area contributed by atoms with Crippen molar-refractivity contribution >= 4 is 5.97 Å². The zero-order chi connectivity index (χ0) is 19.5. The van der Waals surface area contributed by atoms with Gasteiger partial charge in [-0.3, -0.25) is 4.94 Å². The molecule has 2 aromatic rings. The quantitative estimate of drug-likeness (QED) is 0.877. The lowest BCUT2D eigenvalue weighted by atomic mass is 9.93. The van der Waals surface area contributed by atoms with E-state index in [1.807, 2.05) is 67.6 Å². The van der Waals surface area contributed by atoms with Gasteiger partial charge in [0.2, 0.25) is 0 Å². The van der Waals surface area contributed by atoms with Crippen molar-refractivity contribution in [2.24, 2.45) is 23.7 Å².